The fourth-order valence-corrected chi connectivity index (χ4v) is 5.56. The predicted octanol–water partition coefficient (Wildman–Crippen LogP) is 5.55. The number of hydrogen-bond acceptors (Lipinski definition) is 7. The molecule has 2 unspecified atom stereocenters. The van der Waals surface area contributed by atoms with Crippen LogP contribution in [0.25, 0.3) is 5.57 Å². The predicted molar refractivity (Wildman–Crippen MR) is 148 cm³/mol. The van der Waals surface area contributed by atoms with Gasteiger partial charge in [-0.15, -0.1) is 0 Å². The highest BCUT2D eigenvalue weighted by Gasteiger charge is 2.40. The van der Waals surface area contributed by atoms with Gasteiger partial charge in [-0.05, 0) is 66.6 Å². The van der Waals surface area contributed by atoms with Crippen molar-refractivity contribution in [3.05, 3.63) is 100.0 Å². The van der Waals surface area contributed by atoms with Gasteiger partial charge >= 0.3 is 0 Å². The Morgan fingerprint density at radius 3 is 2.47 bits per heavy atom. The Morgan fingerprint density at radius 1 is 0.974 bits per heavy atom. The normalized spacial score (nSPS) is 20.3. The van der Waals surface area contributed by atoms with E-state index in [0.717, 1.165) is 34.1 Å². The fraction of sp³-hybridized carbons (Fsp3) is 0.233. The van der Waals surface area contributed by atoms with Crippen LogP contribution in [0.5, 0.6) is 5.75 Å². The van der Waals surface area contributed by atoms with Crippen molar-refractivity contribution in [1.82, 2.24) is 5.32 Å². The third-order valence-corrected chi connectivity index (χ3v) is 7.79. The third-order valence-electron chi connectivity index (χ3n) is 6.80. The van der Waals surface area contributed by atoms with Gasteiger partial charge in [-0.3, -0.25) is 19.7 Å². The molecule has 38 heavy (non-hydrogen) atoms. The summed E-state index contributed by atoms with van der Waals surface area (Å²) in [5, 5.41) is 1.91. The smallest absolute Gasteiger partial charge is 0.290 e. The highest BCUT2D eigenvalue weighted by molar-refractivity contribution is 8.18. The van der Waals surface area contributed by atoms with Crippen molar-refractivity contribution in [3.8, 4) is 5.75 Å². The lowest BCUT2D eigenvalue weighted by Crippen LogP contribution is -2.45. The number of ketones is 1. The molecule has 7 nitrogen and oxygen atoms in total. The van der Waals surface area contributed by atoms with Crippen molar-refractivity contribution < 1.29 is 23.9 Å². The molecular formula is C30H28N2O5S. The first-order chi connectivity index (χ1) is 18.3. The van der Waals surface area contributed by atoms with E-state index in [1.54, 1.807) is 6.92 Å². The zero-order valence-electron chi connectivity index (χ0n) is 21.4. The molecule has 5 rings (SSSR count). The van der Waals surface area contributed by atoms with Crippen LogP contribution < -0.4 is 15.0 Å². The van der Waals surface area contributed by atoms with E-state index in [1.807, 2.05) is 86.8 Å². The number of nitrogens with zero attached hydrogens (tertiary/aromatic N) is 1. The van der Waals surface area contributed by atoms with E-state index in [4.69, 9.17) is 9.47 Å². The summed E-state index contributed by atoms with van der Waals surface area (Å²) in [6.07, 6.45) is -0.685. The molecule has 0 saturated carbocycles. The van der Waals surface area contributed by atoms with Crippen molar-refractivity contribution in [2.45, 2.75) is 26.0 Å². The number of thioether (sulfide) groups is 1. The number of anilines is 1. The van der Waals surface area contributed by atoms with Crippen LogP contribution in [0.4, 0.5) is 10.5 Å². The van der Waals surface area contributed by atoms with E-state index in [0.29, 0.717) is 21.8 Å². The van der Waals surface area contributed by atoms with Crippen molar-refractivity contribution in [1.29, 1.82) is 0 Å². The molecule has 1 fully saturated rings. The summed E-state index contributed by atoms with van der Waals surface area (Å²) in [4.78, 5) is 39.6. The van der Waals surface area contributed by atoms with Gasteiger partial charge in [0.2, 0.25) is 0 Å². The Bertz CT molecular complexity index is 1430. The minimum absolute atomic E-state index is 0.0459. The second-order valence-electron chi connectivity index (χ2n) is 9.31. The van der Waals surface area contributed by atoms with Crippen molar-refractivity contribution in [2.75, 3.05) is 25.2 Å². The number of Topliss-reactive ketones (excluding diaryl/α,β-unsaturated/α-hetero) is 1. The molecule has 2 amide bonds. The molecule has 8 heteroatoms. The summed E-state index contributed by atoms with van der Waals surface area (Å²) < 4.78 is 12.1. The molecule has 0 aliphatic carbocycles. The van der Waals surface area contributed by atoms with E-state index >= 15 is 0 Å². The molecule has 2 heterocycles. The van der Waals surface area contributed by atoms with Crippen LogP contribution in [-0.2, 0) is 9.53 Å². The number of hydrogen-bond donors (Lipinski definition) is 1. The lowest BCUT2D eigenvalue weighted by Gasteiger charge is -2.40. The highest BCUT2D eigenvalue weighted by atomic mass is 32.2. The Morgan fingerprint density at radius 2 is 1.74 bits per heavy atom. The number of aryl methyl sites for hydroxylation is 1. The van der Waals surface area contributed by atoms with Gasteiger partial charge in [0.05, 0.1) is 17.6 Å². The SMILES string of the molecule is C/C(=C1\SC(=O)NC1=O)c1cccc(OCCOC2C(=O)c3ccccc3N(C)C2c2ccc(C)cc2)c1. The highest BCUT2D eigenvalue weighted by Crippen LogP contribution is 2.39. The van der Waals surface area contributed by atoms with E-state index in [-0.39, 0.29) is 36.2 Å². The van der Waals surface area contributed by atoms with Gasteiger partial charge in [-0.2, -0.15) is 0 Å². The Balaban J connectivity index is 1.30. The number of likely N-dealkylation sites (N-methyl/N-ethyl adjacent to an activating group) is 1. The molecule has 3 aromatic carbocycles. The van der Waals surface area contributed by atoms with Crippen molar-refractivity contribution >= 4 is 40.0 Å². The van der Waals surface area contributed by atoms with E-state index in [2.05, 4.69) is 10.2 Å². The number of ether oxygens (including phenoxy) is 2. The monoisotopic (exact) mass is 528 g/mol. The topological polar surface area (TPSA) is 84.9 Å². The Kier molecular flexibility index (Phi) is 7.35. The quantitative estimate of drug-likeness (QED) is 0.318. The number of carbonyl (C=O) groups excluding carboxylic acids is 3. The first-order valence-electron chi connectivity index (χ1n) is 12.3. The van der Waals surface area contributed by atoms with Gasteiger partial charge in [-0.1, -0.05) is 54.1 Å². The zero-order chi connectivity index (χ0) is 26.8. The van der Waals surface area contributed by atoms with Crippen LogP contribution in [0.1, 0.15) is 40.0 Å². The number of fused-ring (bicyclic) bond motifs is 1. The minimum Gasteiger partial charge on any atom is -0.491 e. The van der Waals surface area contributed by atoms with Crippen LogP contribution in [-0.4, -0.2) is 43.3 Å². The summed E-state index contributed by atoms with van der Waals surface area (Å²) in [6.45, 7) is 4.29. The summed E-state index contributed by atoms with van der Waals surface area (Å²) in [6, 6.07) is 22.8. The molecule has 0 bridgehead atoms. The summed E-state index contributed by atoms with van der Waals surface area (Å²) in [7, 11) is 1.99. The lowest BCUT2D eigenvalue weighted by atomic mass is 9.88. The first kappa shape index (κ1) is 25.8. The average Bonchev–Trinajstić information content (AvgIpc) is 3.27. The molecule has 2 atom stereocenters. The maximum absolute atomic E-state index is 13.5. The number of benzene rings is 3. The van der Waals surface area contributed by atoms with E-state index in [9.17, 15) is 14.4 Å². The zero-order valence-corrected chi connectivity index (χ0v) is 22.2. The largest absolute Gasteiger partial charge is 0.491 e. The van der Waals surface area contributed by atoms with Gasteiger partial charge in [0.1, 0.15) is 18.5 Å². The van der Waals surface area contributed by atoms with Gasteiger partial charge in [0.25, 0.3) is 11.1 Å². The lowest BCUT2D eigenvalue weighted by molar-refractivity contribution is -0.115. The van der Waals surface area contributed by atoms with Gasteiger partial charge in [0, 0.05) is 18.3 Å². The van der Waals surface area contributed by atoms with Crippen LogP contribution in [0, 0.1) is 6.92 Å². The summed E-state index contributed by atoms with van der Waals surface area (Å²) >= 11 is 0.898. The van der Waals surface area contributed by atoms with Crippen LogP contribution >= 0.6 is 11.8 Å². The maximum Gasteiger partial charge on any atom is 0.290 e. The second kappa shape index (κ2) is 10.8. The van der Waals surface area contributed by atoms with Gasteiger partial charge < -0.3 is 14.4 Å². The van der Waals surface area contributed by atoms with E-state index < -0.39 is 6.10 Å². The average molecular weight is 529 g/mol. The van der Waals surface area contributed by atoms with Crippen LogP contribution in [0.3, 0.4) is 0 Å². The molecule has 0 spiro atoms. The number of allylic oxidation sites excluding steroid dienone is 1. The number of imide groups is 1. The summed E-state index contributed by atoms with van der Waals surface area (Å²) in [5.41, 5.74) is 5.18. The van der Waals surface area contributed by atoms with Gasteiger partial charge in [0.15, 0.2) is 5.78 Å². The standard InChI is InChI=1S/C30H28N2O5S/c1-18-11-13-20(14-12-18)25-27(26(33)23-9-4-5-10-24(23)32(25)3)37-16-15-36-22-8-6-7-21(17-22)19(2)28-29(34)31-30(35)38-28/h4-14,17,25,27H,15-16H2,1-3H3,(H,31,34,35)/b28-19+. The Labute approximate surface area is 225 Å². The number of para-hydroxylation sites is 1. The fourth-order valence-electron chi connectivity index (χ4n) is 4.81. The maximum atomic E-state index is 13.5. The molecule has 194 valence electrons. The van der Waals surface area contributed by atoms with Gasteiger partial charge in [-0.25, -0.2) is 0 Å². The number of rotatable bonds is 7. The molecule has 0 aromatic heterocycles. The molecule has 0 radical (unpaired) electrons. The van der Waals surface area contributed by atoms with Crippen molar-refractivity contribution in [2.24, 2.45) is 0 Å². The van der Waals surface area contributed by atoms with Crippen LogP contribution in [0.2, 0.25) is 0 Å². The first-order valence-corrected chi connectivity index (χ1v) is 13.2. The molecular weight excluding hydrogens is 500 g/mol. The van der Waals surface area contributed by atoms with Crippen LogP contribution in [0.15, 0.2) is 77.7 Å². The number of carbonyl (C=O) groups is 3. The number of amides is 2. The molecule has 3 aromatic rings. The van der Waals surface area contributed by atoms with E-state index in [1.165, 1.54) is 0 Å². The summed E-state index contributed by atoms with van der Waals surface area (Å²) in [5.74, 6) is 0.174. The number of nitrogens with one attached hydrogen (secondary N) is 1. The molecule has 1 N–H and O–H groups in total. The molecule has 1 saturated heterocycles. The third kappa shape index (κ3) is 5.10. The Hall–Kier alpha value is -3.88. The minimum atomic E-state index is -0.685. The second-order valence-corrected chi connectivity index (χ2v) is 10.3. The molecule has 2 aliphatic heterocycles. The van der Waals surface area contributed by atoms with Crippen molar-refractivity contribution in [3.63, 3.8) is 0 Å². The molecule has 2 aliphatic rings.